The van der Waals surface area contributed by atoms with Crippen LogP contribution in [0.3, 0.4) is 0 Å². The molecule has 0 saturated carbocycles. The Kier molecular flexibility index (Phi) is 4.67. The van der Waals surface area contributed by atoms with Crippen molar-refractivity contribution in [2.45, 2.75) is 13.0 Å². The lowest BCUT2D eigenvalue weighted by atomic mass is 10.1. The van der Waals surface area contributed by atoms with Crippen LogP contribution in [0.2, 0.25) is 10.0 Å². The summed E-state index contributed by atoms with van der Waals surface area (Å²) in [4.78, 5) is 10.2. The summed E-state index contributed by atoms with van der Waals surface area (Å²) in [6.07, 6.45) is 0. The quantitative estimate of drug-likeness (QED) is 0.651. The number of halogens is 2. The molecule has 0 spiro atoms. The molecule has 0 aliphatic heterocycles. The maximum Gasteiger partial charge on any atom is 0.272 e. The van der Waals surface area contributed by atoms with Gasteiger partial charge < -0.3 is 10.5 Å². The highest BCUT2D eigenvalue weighted by atomic mass is 35.5. The highest BCUT2D eigenvalue weighted by Gasteiger charge is 2.18. The number of nitro groups is 1. The summed E-state index contributed by atoms with van der Waals surface area (Å²) in [5, 5.41) is 10.9. The molecule has 0 fully saturated rings. The summed E-state index contributed by atoms with van der Waals surface area (Å²) in [6.45, 7) is 1.82. The normalized spacial score (nSPS) is 12.0. The molecule has 0 saturated heterocycles. The minimum atomic E-state index is -0.572. The molecule has 0 heterocycles. The third-order valence-corrected chi connectivity index (χ3v) is 3.38. The van der Waals surface area contributed by atoms with Crippen LogP contribution in [0.1, 0.15) is 18.5 Å². The van der Waals surface area contributed by atoms with E-state index in [1.54, 1.807) is 12.1 Å². The highest BCUT2D eigenvalue weighted by molar-refractivity contribution is 6.37. The van der Waals surface area contributed by atoms with Crippen LogP contribution in [-0.2, 0) is 0 Å². The van der Waals surface area contributed by atoms with Gasteiger partial charge in [0.25, 0.3) is 5.69 Å². The van der Waals surface area contributed by atoms with Crippen molar-refractivity contribution in [3.05, 3.63) is 62.1 Å². The van der Waals surface area contributed by atoms with Gasteiger partial charge in [-0.15, -0.1) is 0 Å². The Bertz CT molecular complexity index is 667. The second-order valence-corrected chi connectivity index (χ2v) is 5.24. The lowest BCUT2D eigenvalue weighted by Crippen LogP contribution is -2.06. The van der Waals surface area contributed by atoms with Gasteiger partial charge in [0.15, 0.2) is 5.75 Å². The van der Waals surface area contributed by atoms with Gasteiger partial charge in [0.2, 0.25) is 0 Å². The number of para-hydroxylation sites is 1. The van der Waals surface area contributed by atoms with Gasteiger partial charge >= 0.3 is 0 Å². The van der Waals surface area contributed by atoms with Crippen LogP contribution in [0.15, 0.2) is 36.4 Å². The molecule has 1 atom stereocenters. The molecule has 0 bridgehead atoms. The van der Waals surface area contributed by atoms with Crippen molar-refractivity contribution in [1.82, 2.24) is 0 Å². The molecule has 0 amide bonds. The molecule has 2 aromatic rings. The van der Waals surface area contributed by atoms with E-state index in [2.05, 4.69) is 0 Å². The smallest absolute Gasteiger partial charge is 0.272 e. The molecular formula is C14H12Cl2N2O3. The third kappa shape index (κ3) is 3.44. The Morgan fingerprint density at radius 3 is 2.33 bits per heavy atom. The summed E-state index contributed by atoms with van der Waals surface area (Å²) >= 11 is 12.0. The maximum absolute atomic E-state index is 10.7. The Hall–Kier alpha value is -1.82. The number of rotatable bonds is 4. The minimum Gasteiger partial charge on any atom is -0.454 e. The van der Waals surface area contributed by atoms with Gasteiger partial charge in [-0.1, -0.05) is 41.4 Å². The first-order chi connectivity index (χ1) is 9.90. The number of hydrogen-bond acceptors (Lipinski definition) is 4. The standard InChI is InChI=1S/C14H12Cl2N2O3/c1-8(17)10-4-2-3-5-13(10)21-14-11(15)6-9(18(19)20)7-12(14)16/h2-8H,17H2,1H3/t8-/m1/s1. The first kappa shape index (κ1) is 15.6. The van der Waals surface area contributed by atoms with E-state index in [1.165, 1.54) is 12.1 Å². The molecule has 0 radical (unpaired) electrons. The number of nitro benzene ring substituents is 1. The van der Waals surface area contributed by atoms with Gasteiger partial charge in [-0.2, -0.15) is 0 Å². The second kappa shape index (κ2) is 6.30. The van der Waals surface area contributed by atoms with Crippen LogP contribution in [0.4, 0.5) is 5.69 Å². The molecule has 0 aromatic heterocycles. The summed E-state index contributed by atoms with van der Waals surface area (Å²) in [5.41, 5.74) is 6.46. The van der Waals surface area contributed by atoms with Crippen molar-refractivity contribution < 1.29 is 9.66 Å². The zero-order chi connectivity index (χ0) is 15.6. The van der Waals surface area contributed by atoms with Crippen molar-refractivity contribution in [2.75, 3.05) is 0 Å². The monoisotopic (exact) mass is 326 g/mol. The predicted octanol–water partition coefficient (Wildman–Crippen LogP) is 4.71. The van der Waals surface area contributed by atoms with Crippen LogP contribution in [-0.4, -0.2) is 4.92 Å². The fraction of sp³-hybridized carbons (Fsp3) is 0.143. The number of benzene rings is 2. The van der Waals surface area contributed by atoms with Crippen LogP contribution in [0.5, 0.6) is 11.5 Å². The average molecular weight is 327 g/mol. The first-order valence-electron chi connectivity index (χ1n) is 6.06. The maximum atomic E-state index is 10.7. The largest absolute Gasteiger partial charge is 0.454 e. The van der Waals surface area contributed by atoms with Crippen LogP contribution >= 0.6 is 23.2 Å². The van der Waals surface area contributed by atoms with E-state index in [0.717, 1.165) is 5.56 Å². The molecule has 0 unspecified atom stereocenters. The van der Waals surface area contributed by atoms with Crippen LogP contribution < -0.4 is 10.5 Å². The van der Waals surface area contributed by atoms with E-state index in [-0.39, 0.29) is 27.5 Å². The van der Waals surface area contributed by atoms with E-state index in [9.17, 15) is 10.1 Å². The van der Waals surface area contributed by atoms with Gasteiger partial charge in [-0.3, -0.25) is 10.1 Å². The third-order valence-electron chi connectivity index (χ3n) is 2.82. The average Bonchev–Trinajstić information content (AvgIpc) is 2.42. The molecule has 110 valence electrons. The van der Waals surface area contributed by atoms with E-state index in [0.29, 0.717) is 5.75 Å². The van der Waals surface area contributed by atoms with Crippen molar-refractivity contribution in [1.29, 1.82) is 0 Å². The van der Waals surface area contributed by atoms with Crippen LogP contribution in [0, 0.1) is 10.1 Å². The second-order valence-electron chi connectivity index (χ2n) is 4.42. The predicted molar refractivity (Wildman–Crippen MR) is 82.2 cm³/mol. The van der Waals surface area contributed by atoms with Gasteiger partial charge in [-0.05, 0) is 13.0 Å². The van der Waals surface area contributed by atoms with Crippen molar-refractivity contribution in [3.63, 3.8) is 0 Å². The zero-order valence-electron chi connectivity index (χ0n) is 11.0. The highest BCUT2D eigenvalue weighted by Crippen LogP contribution is 2.40. The fourth-order valence-corrected chi connectivity index (χ4v) is 2.36. The minimum absolute atomic E-state index is 0.0636. The molecule has 0 aliphatic carbocycles. The lowest BCUT2D eigenvalue weighted by molar-refractivity contribution is -0.384. The molecule has 2 N–H and O–H groups in total. The summed E-state index contributed by atoms with van der Waals surface area (Å²) in [5.74, 6) is 0.669. The number of ether oxygens (including phenoxy) is 1. The van der Waals surface area contributed by atoms with Gasteiger partial charge in [0.1, 0.15) is 5.75 Å². The molecule has 21 heavy (non-hydrogen) atoms. The Labute approximate surface area is 131 Å². The first-order valence-corrected chi connectivity index (χ1v) is 6.81. The summed E-state index contributed by atoms with van der Waals surface area (Å²) < 4.78 is 5.70. The van der Waals surface area contributed by atoms with E-state index in [4.69, 9.17) is 33.7 Å². The molecule has 7 heteroatoms. The molecule has 5 nitrogen and oxygen atoms in total. The van der Waals surface area contributed by atoms with Gasteiger partial charge in [0, 0.05) is 23.7 Å². The Balaban J connectivity index is 2.43. The molecule has 0 aliphatic rings. The van der Waals surface area contributed by atoms with E-state index >= 15 is 0 Å². The Morgan fingerprint density at radius 1 is 1.24 bits per heavy atom. The topological polar surface area (TPSA) is 78.4 Å². The van der Waals surface area contributed by atoms with Crippen LogP contribution in [0.25, 0.3) is 0 Å². The molecule has 2 rings (SSSR count). The Morgan fingerprint density at radius 2 is 1.81 bits per heavy atom. The summed E-state index contributed by atoms with van der Waals surface area (Å²) in [7, 11) is 0. The number of hydrogen-bond donors (Lipinski definition) is 1. The number of nitrogens with zero attached hydrogens (tertiary/aromatic N) is 1. The molecular weight excluding hydrogens is 315 g/mol. The summed E-state index contributed by atoms with van der Waals surface area (Å²) in [6, 6.07) is 9.32. The molecule has 2 aromatic carbocycles. The van der Waals surface area contributed by atoms with E-state index in [1.807, 2.05) is 19.1 Å². The zero-order valence-corrected chi connectivity index (χ0v) is 12.6. The van der Waals surface area contributed by atoms with Gasteiger partial charge in [-0.25, -0.2) is 0 Å². The van der Waals surface area contributed by atoms with Gasteiger partial charge in [0.05, 0.1) is 15.0 Å². The van der Waals surface area contributed by atoms with Crippen molar-refractivity contribution in [3.8, 4) is 11.5 Å². The van der Waals surface area contributed by atoms with Crippen molar-refractivity contribution >= 4 is 28.9 Å². The number of non-ortho nitro benzene ring substituents is 1. The fourth-order valence-electron chi connectivity index (χ4n) is 1.81. The lowest BCUT2D eigenvalue weighted by Gasteiger charge is -2.15. The van der Waals surface area contributed by atoms with Crippen molar-refractivity contribution in [2.24, 2.45) is 5.73 Å². The number of nitrogens with two attached hydrogens (primary N) is 1. The SMILES string of the molecule is C[C@@H](N)c1ccccc1Oc1c(Cl)cc([N+](=O)[O-])cc1Cl. The van der Waals surface area contributed by atoms with E-state index < -0.39 is 4.92 Å².